The summed E-state index contributed by atoms with van der Waals surface area (Å²) in [7, 11) is 0. The second kappa shape index (κ2) is 71.6. The molecule has 83 heavy (non-hydrogen) atoms. The van der Waals surface area contributed by atoms with Gasteiger partial charge in [-0.1, -0.05) is 351 Å². The summed E-state index contributed by atoms with van der Waals surface area (Å²) in [5.41, 5.74) is 0. The van der Waals surface area contributed by atoms with Gasteiger partial charge in [0.15, 0.2) is 6.10 Å². The van der Waals surface area contributed by atoms with E-state index in [0.29, 0.717) is 19.3 Å². The molecule has 484 valence electrons. The van der Waals surface area contributed by atoms with Gasteiger partial charge in [-0.15, -0.1) is 0 Å². The van der Waals surface area contributed by atoms with Gasteiger partial charge in [0.2, 0.25) is 0 Å². The maximum Gasteiger partial charge on any atom is 0.306 e. The lowest BCUT2D eigenvalue weighted by atomic mass is 10.0. The van der Waals surface area contributed by atoms with Crippen molar-refractivity contribution in [3.05, 3.63) is 60.8 Å². The Labute approximate surface area is 517 Å². The molecule has 0 radical (unpaired) electrons. The van der Waals surface area contributed by atoms with Gasteiger partial charge in [-0.05, 0) is 83.5 Å². The van der Waals surface area contributed by atoms with Gasteiger partial charge in [0, 0.05) is 19.3 Å². The third kappa shape index (κ3) is 69.8. The Balaban J connectivity index is 3.88. The molecule has 0 saturated carbocycles. The topological polar surface area (TPSA) is 78.9 Å². The van der Waals surface area contributed by atoms with Gasteiger partial charge >= 0.3 is 17.9 Å². The van der Waals surface area contributed by atoms with Crippen molar-refractivity contribution in [3.8, 4) is 0 Å². The molecule has 0 aliphatic carbocycles. The van der Waals surface area contributed by atoms with Crippen LogP contribution in [0.4, 0.5) is 0 Å². The average molecular weight is 1160 g/mol. The summed E-state index contributed by atoms with van der Waals surface area (Å²) >= 11 is 0. The lowest BCUT2D eigenvalue weighted by Gasteiger charge is -2.18. The fraction of sp³-hybridized carbons (Fsp3) is 0.831. The molecule has 6 heteroatoms. The van der Waals surface area contributed by atoms with Crippen LogP contribution in [0.25, 0.3) is 0 Å². The molecule has 0 aromatic carbocycles. The SMILES string of the molecule is CC/C=C\C/C=C\C/C=C\C/C=C\CCCCCCCCCCCCCCCCCCCCCCCCC(=O)OCC(COC(=O)CCCCCCC)OC(=O)CCCCCCCCCCCCCCC/C=C\CCCCCCCCCC. The summed E-state index contributed by atoms with van der Waals surface area (Å²) in [6.45, 7) is 6.51. The second-order valence-electron chi connectivity index (χ2n) is 24.8. The average Bonchev–Trinajstić information content (AvgIpc) is 3.49. The molecule has 1 unspecified atom stereocenters. The Bertz CT molecular complexity index is 1470. The van der Waals surface area contributed by atoms with Crippen molar-refractivity contribution >= 4 is 17.9 Å². The van der Waals surface area contributed by atoms with Crippen molar-refractivity contribution < 1.29 is 28.6 Å². The zero-order valence-electron chi connectivity index (χ0n) is 55.7. The smallest absolute Gasteiger partial charge is 0.306 e. The predicted octanol–water partition coefficient (Wildman–Crippen LogP) is 25.5. The minimum Gasteiger partial charge on any atom is -0.462 e. The van der Waals surface area contributed by atoms with Crippen molar-refractivity contribution in [3.63, 3.8) is 0 Å². The van der Waals surface area contributed by atoms with Gasteiger partial charge < -0.3 is 14.2 Å². The standard InChI is InChI=1S/C77H140O6/c1-4-7-10-13-15-17-19-21-23-25-27-29-31-33-34-35-36-37-38-39-40-41-42-44-45-47-49-51-53-55-57-59-61-64-67-70-76(79)82-73-74(72-81-75(78)69-66-63-12-9-6-3)83-77(80)71-68-65-62-60-58-56-54-52-50-48-46-43-32-30-28-26-24-22-20-18-16-14-11-8-5-2/h7,10,15,17,21,23,26-29,74H,4-6,8-9,11-14,16,18-20,22,24-25,30-73H2,1-3H3/b10-7-,17-15-,23-21-,28-26-,29-27-. The number of rotatable bonds is 68. The maximum absolute atomic E-state index is 12.9. The third-order valence-corrected chi connectivity index (χ3v) is 16.5. The van der Waals surface area contributed by atoms with Crippen LogP contribution in [0.2, 0.25) is 0 Å². The fourth-order valence-corrected chi connectivity index (χ4v) is 11.0. The first-order chi connectivity index (χ1) is 41.0. The van der Waals surface area contributed by atoms with E-state index in [-0.39, 0.29) is 31.1 Å². The summed E-state index contributed by atoms with van der Waals surface area (Å²) in [5.74, 6) is -0.858. The van der Waals surface area contributed by atoms with Crippen LogP contribution < -0.4 is 0 Å². The van der Waals surface area contributed by atoms with E-state index in [4.69, 9.17) is 14.2 Å². The molecular weight excluding hydrogens is 1020 g/mol. The first kappa shape index (κ1) is 80.1. The monoisotopic (exact) mass is 1160 g/mol. The van der Waals surface area contributed by atoms with Gasteiger partial charge in [-0.25, -0.2) is 0 Å². The van der Waals surface area contributed by atoms with E-state index in [1.54, 1.807) is 0 Å². The van der Waals surface area contributed by atoms with Crippen LogP contribution in [-0.2, 0) is 28.6 Å². The number of unbranched alkanes of at least 4 members (excludes halogenated alkanes) is 47. The molecule has 0 N–H and O–H groups in total. The van der Waals surface area contributed by atoms with E-state index >= 15 is 0 Å². The normalized spacial score (nSPS) is 12.4. The number of hydrogen-bond acceptors (Lipinski definition) is 6. The number of allylic oxidation sites excluding steroid dienone is 10. The van der Waals surface area contributed by atoms with Crippen LogP contribution in [0.1, 0.15) is 393 Å². The van der Waals surface area contributed by atoms with Gasteiger partial charge in [0.1, 0.15) is 13.2 Å². The minimum atomic E-state index is -0.768. The predicted molar refractivity (Wildman–Crippen MR) is 362 cm³/mol. The van der Waals surface area contributed by atoms with Crippen molar-refractivity contribution in [1.82, 2.24) is 0 Å². The van der Waals surface area contributed by atoms with Gasteiger partial charge in [-0.3, -0.25) is 14.4 Å². The molecule has 6 nitrogen and oxygen atoms in total. The van der Waals surface area contributed by atoms with Gasteiger partial charge in [0.05, 0.1) is 0 Å². The lowest BCUT2D eigenvalue weighted by Crippen LogP contribution is -2.30. The molecule has 0 aliphatic rings. The first-order valence-corrected chi connectivity index (χ1v) is 36.8. The summed E-state index contributed by atoms with van der Waals surface area (Å²) in [6, 6.07) is 0. The van der Waals surface area contributed by atoms with Crippen molar-refractivity contribution in [2.75, 3.05) is 13.2 Å². The summed E-state index contributed by atoms with van der Waals surface area (Å²) in [5, 5.41) is 0. The van der Waals surface area contributed by atoms with Gasteiger partial charge in [-0.2, -0.15) is 0 Å². The molecule has 0 heterocycles. The molecule has 0 amide bonds. The third-order valence-electron chi connectivity index (χ3n) is 16.5. The molecule has 0 rings (SSSR count). The Morgan fingerprint density at radius 1 is 0.253 bits per heavy atom. The largest absolute Gasteiger partial charge is 0.462 e. The second-order valence-corrected chi connectivity index (χ2v) is 24.8. The van der Waals surface area contributed by atoms with Crippen molar-refractivity contribution in [2.24, 2.45) is 0 Å². The zero-order valence-corrected chi connectivity index (χ0v) is 55.7. The van der Waals surface area contributed by atoms with Crippen molar-refractivity contribution in [1.29, 1.82) is 0 Å². The highest BCUT2D eigenvalue weighted by Crippen LogP contribution is 2.19. The Kier molecular flexibility index (Phi) is 69.1. The van der Waals surface area contributed by atoms with E-state index in [1.807, 2.05) is 0 Å². The molecule has 0 aromatic rings. The summed E-state index contributed by atoms with van der Waals surface area (Å²) in [6.07, 6.45) is 93.3. The van der Waals surface area contributed by atoms with Crippen LogP contribution >= 0.6 is 0 Å². The number of esters is 3. The molecular formula is C77H140O6. The van der Waals surface area contributed by atoms with E-state index in [9.17, 15) is 14.4 Å². The van der Waals surface area contributed by atoms with E-state index < -0.39 is 6.10 Å². The quantitative estimate of drug-likeness (QED) is 0.0261. The molecule has 0 bridgehead atoms. The maximum atomic E-state index is 12.9. The van der Waals surface area contributed by atoms with Gasteiger partial charge in [0.25, 0.3) is 0 Å². The highest BCUT2D eigenvalue weighted by molar-refractivity contribution is 5.71. The van der Waals surface area contributed by atoms with Crippen LogP contribution in [0.15, 0.2) is 60.8 Å². The molecule has 0 saturated heterocycles. The summed E-state index contributed by atoms with van der Waals surface area (Å²) < 4.78 is 16.8. The molecule has 0 aromatic heterocycles. The van der Waals surface area contributed by atoms with E-state index in [0.717, 1.165) is 89.9 Å². The fourth-order valence-electron chi connectivity index (χ4n) is 11.0. The van der Waals surface area contributed by atoms with E-state index in [2.05, 4.69) is 81.5 Å². The van der Waals surface area contributed by atoms with Crippen LogP contribution in [0.5, 0.6) is 0 Å². The lowest BCUT2D eigenvalue weighted by molar-refractivity contribution is -0.167. The summed E-state index contributed by atoms with van der Waals surface area (Å²) in [4.78, 5) is 38.0. The Morgan fingerprint density at radius 3 is 0.747 bits per heavy atom. The van der Waals surface area contributed by atoms with Crippen LogP contribution in [0, 0.1) is 0 Å². The highest BCUT2D eigenvalue weighted by atomic mass is 16.6. The van der Waals surface area contributed by atoms with Crippen molar-refractivity contribution in [2.45, 2.75) is 399 Å². The highest BCUT2D eigenvalue weighted by Gasteiger charge is 2.19. The number of ether oxygens (including phenoxy) is 3. The van der Waals surface area contributed by atoms with E-state index in [1.165, 1.54) is 263 Å². The Morgan fingerprint density at radius 2 is 0.470 bits per heavy atom. The molecule has 0 spiro atoms. The minimum absolute atomic E-state index is 0.0682. The van der Waals surface area contributed by atoms with Crippen LogP contribution in [0.3, 0.4) is 0 Å². The molecule has 0 fully saturated rings. The zero-order chi connectivity index (χ0) is 59.9. The number of carbonyl (C=O) groups is 3. The number of hydrogen-bond donors (Lipinski definition) is 0. The first-order valence-electron chi connectivity index (χ1n) is 36.8. The van der Waals surface area contributed by atoms with Crippen LogP contribution in [-0.4, -0.2) is 37.2 Å². The number of carbonyl (C=O) groups excluding carboxylic acids is 3. The Hall–Kier alpha value is -2.89. The molecule has 1 atom stereocenters. The molecule has 0 aliphatic heterocycles.